The monoisotopic (exact) mass is 314 g/mol. The molecule has 0 aliphatic heterocycles. The molecule has 1 aromatic heterocycles. The first-order valence-corrected chi connectivity index (χ1v) is 8.25. The van der Waals surface area contributed by atoms with Crippen LogP contribution in [0.3, 0.4) is 0 Å². The summed E-state index contributed by atoms with van der Waals surface area (Å²) in [4.78, 5) is 0. The first-order valence-electron chi connectivity index (χ1n) is 7.87. The van der Waals surface area contributed by atoms with Crippen molar-refractivity contribution in [1.82, 2.24) is 15.2 Å². The van der Waals surface area contributed by atoms with E-state index in [1.165, 1.54) is 32.1 Å². The van der Waals surface area contributed by atoms with E-state index in [0.29, 0.717) is 24.1 Å². The number of nitrogens with zero attached hydrogens (tertiary/aromatic N) is 2. The number of nitrogens with one attached hydrogen (secondary N) is 1. The number of hydrazine groups is 1. The van der Waals surface area contributed by atoms with Crippen LogP contribution in [-0.4, -0.2) is 23.5 Å². The molecule has 3 unspecified atom stereocenters. The summed E-state index contributed by atoms with van der Waals surface area (Å²) in [5, 5.41) is 5.05. The molecule has 2 rings (SSSR count). The van der Waals surface area contributed by atoms with Crippen LogP contribution in [0.2, 0.25) is 5.02 Å². The van der Waals surface area contributed by atoms with Crippen LogP contribution in [0.1, 0.15) is 50.8 Å². The molecular weight excluding hydrogens is 288 g/mol. The van der Waals surface area contributed by atoms with Crippen molar-refractivity contribution in [2.24, 2.45) is 17.7 Å². The molecule has 1 aliphatic rings. The van der Waals surface area contributed by atoms with E-state index in [1.54, 1.807) is 13.3 Å². The molecule has 21 heavy (non-hydrogen) atoms. The number of hydrogen-bond acceptors (Lipinski definition) is 4. The maximum Gasteiger partial charge on any atom is 0.0834 e. The molecule has 3 atom stereocenters. The van der Waals surface area contributed by atoms with Gasteiger partial charge in [-0.2, -0.15) is 5.10 Å². The van der Waals surface area contributed by atoms with Gasteiger partial charge in [0.15, 0.2) is 0 Å². The zero-order valence-corrected chi connectivity index (χ0v) is 13.8. The maximum absolute atomic E-state index is 6.37. The van der Waals surface area contributed by atoms with E-state index in [4.69, 9.17) is 22.2 Å². The SMILES string of the molecule is CCC1CCCC(C(NN)c2c(Cl)cnn2CCOC)C1. The van der Waals surface area contributed by atoms with Gasteiger partial charge in [-0.1, -0.05) is 37.8 Å². The maximum atomic E-state index is 6.37. The predicted molar refractivity (Wildman–Crippen MR) is 84.9 cm³/mol. The van der Waals surface area contributed by atoms with Crippen molar-refractivity contribution < 1.29 is 4.74 Å². The fraction of sp³-hybridized carbons (Fsp3) is 0.800. The molecule has 1 fully saturated rings. The Labute approximate surface area is 132 Å². The zero-order chi connectivity index (χ0) is 15.2. The van der Waals surface area contributed by atoms with E-state index in [1.807, 2.05) is 4.68 Å². The lowest BCUT2D eigenvalue weighted by molar-refractivity contribution is 0.175. The Bertz CT molecular complexity index is 437. The van der Waals surface area contributed by atoms with Gasteiger partial charge in [-0.25, -0.2) is 0 Å². The highest BCUT2D eigenvalue weighted by Crippen LogP contribution is 2.39. The van der Waals surface area contributed by atoms with Crippen molar-refractivity contribution in [2.75, 3.05) is 13.7 Å². The van der Waals surface area contributed by atoms with E-state index in [2.05, 4.69) is 17.4 Å². The second-order valence-electron chi connectivity index (χ2n) is 5.94. The average molecular weight is 315 g/mol. The Morgan fingerprint density at radius 1 is 1.57 bits per heavy atom. The van der Waals surface area contributed by atoms with Gasteiger partial charge in [-0.15, -0.1) is 0 Å². The highest BCUT2D eigenvalue weighted by atomic mass is 35.5. The van der Waals surface area contributed by atoms with Gasteiger partial charge in [-0.05, 0) is 24.7 Å². The quantitative estimate of drug-likeness (QED) is 0.600. The number of halogens is 1. The van der Waals surface area contributed by atoms with Crippen LogP contribution >= 0.6 is 11.6 Å². The normalized spacial score (nSPS) is 24.2. The summed E-state index contributed by atoms with van der Waals surface area (Å²) in [5.74, 6) is 7.18. The summed E-state index contributed by atoms with van der Waals surface area (Å²) in [6, 6.07) is 0.0613. The largest absolute Gasteiger partial charge is 0.383 e. The molecular formula is C15H27ClN4O. The lowest BCUT2D eigenvalue weighted by Gasteiger charge is -2.34. The van der Waals surface area contributed by atoms with Crippen LogP contribution in [0.15, 0.2) is 6.20 Å². The Morgan fingerprint density at radius 3 is 3.05 bits per heavy atom. The fourth-order valence-electron chi connectivity index (χ4n) is 3.48. The van der Waals surface area contributed by atoms with E-state index in [-0.39, 0.29) is 6.04 Å². The van der Waals surface area contributed by atoms with Crippen molar-refractivity contribution in [3.05, 3.63) is 16.9 Å². The van der Waals surface area contributed by atoms with Crippen LogP contribution < -0.4 is 11.3 Å². The van der Waals surface area contributed by atoms with Gasteiger partial charge in [0.05, 0.1) is 36.1 Å². The number of rotatable bonds is 7. The summed E-state index contributed by atoms with van der Waals surface area (Å²) in [6.07, 6.45) is 7.95. The van der Waals surface area contributed by atoms with E-state index < -0.39 is 0 Å². The average Bonchev–Trinajstić information content (AvgIpc) is 2.88. The molecule has 6 heteroatoms. The highest BCUT2D eigenvalue weighted by molar-refractivity contribution is 6.31. The molecule has 1 heterocycles. The van der Waals surface area contributed by atoms with Gasteiger partial charge >= 0.3 is 0 Å². The summed E-state index contributed by atoms with van der Waals surface area (Å²) in [7, 11) is 1.69. The van der Waals surface area contributed by atoms with Crippen molar-refractivity contribution in [3.8, 4) is 0 Å². The van der Waals surface area contributed by atoms with Gasteiger partial charge in [0.2, 0.25) is 0 Å². The summed E-state index contributed by atoms with van der Waals surface area (Å²) >= 11 is 6.37. The first-order chi connectivity index (χ1) is 10.2. The van der Waals surface area contributed by atoms with Crippen LogP contribution in [0.4, 0.5) is 0 Å². The van der Waals surface area contributed by atoms with Gasteiger partial charge in [0.25, 0.3) is 0 Å². The third-order valence-corrected chi connectivity index (χ3v) is 4.98. The smallest absolute Gasteiger partial charge is 0.0834 e. The molecule has 0 radical (unpaired) electrons. The molecule has 3 N–H and O–H groups in total. The first kappa shape index (κ1) is 16.7. The van der Waals surface area contributed by atoms with E-state index in [9.17, 15) is 0 Å². The summed E-state index contributed by atoms with van der Waals surface area (Å²) in [5.41, 5.74) is 3.99. The lowest BCUT2D eigenvalue weighted by atomic mass is 9.76. The minimum absolute atomic E-state index is 0.0613. The molecule has 0 bridgehead atoms. The molecule has 0 amide bonds. The van der Waals surface area contributed by atoms with Crippen molar-refractivity contribution in [2.45, 2.75) is 51.6 Å². The third-order valence-electron chi connectivity index (χ3n) is 4.69. The van der Waals surface area contributed by atoms with Crippen LogP contribution in [-0.2, 0) is 11.3 Å². The molecule has 5 nitrogen and oxygen atoms in total. The minimum atomic E-state index is 0.0613. The van der Waals surface area contributed by atoms with Crippen molar-refractivity contribution in [3.63, 3.8) is 0 Å². The molecule has 1 aliphatic carbocycles. The Balaban J connectivity index is 2.18. The molecule has 0 saturated heterocycles. The Morgan fingerprint density at radius 2 is 2.38 bits per heavy atom. The van der Waals surface area contributed by atoms with Crippen LogP contribution in [0.5, 0.6) is 0 Å². The number of nitrogens with two attached hydrogens (primary N) is 1. The number of methoxy groups -OCH3 is 1. The summed E-state index contributed by atoms with van der Waals surface area (Å²) in [6.45, 7) is 3.58. The number of aromatic nitrogens is 2. The van der Waals surface area contributed by atoms with Gasteiger partial charge in [0, 0.05) is 7.11 Å². The van der Waals surface area contributed by atoms with Crippen molar-refractivity contribution in [1.29, 1.82) is 0 Å². The topological polar surface area (TPSA) is 65.1 Å². The van der Waals surface area contributed by atoms with Crippen molar-refractivity contribution >= 4 is 11.6 Å². The van der Waals surface area contributed by atoms with Crippen LogP contribution in [0.25, 0.3) is 0 Å². The van der Waals surface area contributed by atoms with Gasteiger partial charge in [-0.3, -0.25) is 16.0 Å². The molecule has 1 saturated carbocycles. The summed E-state index contributed by atoms with van der Waals surface area (Å²) < 4.78 is 7.07. The van der Waals surface area contributed by atoms with Gasteiger partial charge in [0.1, 0.15) is 0 Å². The Kier molecular flexibility index (Phi) is 6.48. The lowest BCUT2D eigenvalue weighted by Crippen LogP contribution is -2.37. The third kappa shape index (κ3) is 3.97. The minimum Gasteiger partial charge on any atom is -0.383 e. The van der Waals surface area contributed by atoms with Crippen LogP contribution in [0, 0.1) is 11.8 Å². The van der Waals surface area contributed by atoms with Gasteiger partial charge < -0.3 is 4.74 Å². The standard InChI is InChI=1S/C15H27ClN4O/c1-3-11-5-4-6-12(9-11)14(19-17)15-13(16)10-18-20(15)7-8-21-2/h10-12,14,19H,3-9,17H2,1-2H3. The number of ether oxygens (including phenoxy) is 1. The number of hydrogen-bond donors (Lipinski definition) is 2. The van der Waals surface area contributed by atoms with E-state index >= 15 is 0 Å². The van der Waals surface area contributed by atoms with E-state index in [0.717, 1.165) is 11.6 Å². The molecule has 0 spiro atoms. The second-order valence-corrected chi connectivity index (χ2v) is 6.35. The Hall–Kier alpha value is -0.620. The zero-order valence-electron chi connectivity index (χ0n) is 13.0. The highest BCUT2D eigenvalue weighted by Gasteiger charge is 2.31. The second kappa shape index (κ2) is 8.13. The fourth-order valence-corrected chi connectivity index (χ4v) is 3.74. The predicted octanol–water partition coefficient (Wildman–Crippen LogP) is 2.90. The molecule has 1 aromatic rings. The molecule has 120 valence electrons. The molecule has 0 aromatic carbocycles.